The van der Waals surface area contributed by atoms with Gasteiger partial charge in [-0.05, 0) is 38.0 Å². The van der Waals surface area contributed by atoms with Gasteiger partial charge in [0.05, 0.1) is 27.9 Å². The van der Waals surface area contributed by atoms with Crippen molar-refractivity contribution < 1.29 is 18.9 Å². The Morgan fingerprint density at radius 3 is 2.68 bits per heavy atom. The van der Waals surface area contributed by atoms with E-state index < -0.39 is 16.2 Å². The lowest BCUT2D eigenvalue weighted by atomic mass is 9.85. The Hall–Kier alpha value is -3.16. The fourth-order valence-electron chi connectivity index (χ4n) is 3.44. The average molecular weight is 385 g/mol. The van der Waals surface area contributed by atoms with Gasteiger partial charge in [-0.2, -0.15) is 0 Å². The summed E-state index contributed by atoms with van der Waals surface area (Å²) in [5.74, 6) is -0.607. The molecule has 0 saturated heterocycles. The maximum Gasteiger partial charge on any atom is 0.294 e. The molecule has 8 heteroatoms. The molecule has 0 atom stereocenters. The molecule has 2 amide bonds. The monoisotopic (exact) mass is 385 g/mol. The molecule has 1 aromatic heterocycles. The predicted octanol–water partition coefficient (Wildman–Crippen LogP) is 4.25. The molecule has 1 aliphatic rings. The summed E-state index contributed by atoms with van der Waals surface area (Å²) in [5, 5.41) is 14.2. The molecule has 1 aliphatic heterocycles. The van der Waals surface area contributed by atoms with Crippen LogP contribution in [0.1, 0.15) is 56.0 Å². The minimum Gasteiger partial charge on any atom is -0.472 e. The van der Waals surface area contributed by atoms with E-state index in [1.807, 2.05) is 0 Å². The van der Waals surface area contributed by atoms with Gasteiger partial charge < -0.3 is 14.6 Å². The van der Waals surface area contributed by atoms with E-state index in [1.165, 1.54) is 24.7 Å². The zero-order chi connectivity index (χ0) is 20.5. The number of rotatable bonds is 7. The number of nitrogens with one attached hydrogen (secondary N) is 1. The predicted molar refractivity (Wildman–Crippen MR) is 105 cm³/mol. The summed E-state index contributed by atoms with van der Waals surface area (Å²) in [6.07, 6.45) is 5.42. The maximum absolute atomic E-state index is 12.9. The van der Waals surface area contributed by atoms with Crippen LogP contribution in [0.2, 0.25) is 0 Å². The number of unbranched alkanes of at least 4 members (excludes halogenated alkanes) is 2. The second-order valence-electron chi connectivity index (χ2n) is 7.40. The van der Waals surface area contributed by atoms with Crippen LogP contribution in [0, 0.1) is 10.1 Å². The van der Waals surface area contributed by atoms with E-state index >= 15 is 0 Å². The Kier molecular flexibility index (Phi) is 5.22. The molecular formula is C20H23N3O5. The summed E-state index contributed by atoms with van der Waals surface area (Å²) in [7, 11) is 0. The number of nitrogens with zero attached hydrogens (tertiary/aromatic N) is 2. The Morgan fingerprint density at radius 2 is 2.07 bits per heavy atom. The van der Waals surface area contributed by atoms with Crippen molar-refractivity contribution in [3.63, 3.8) is 0 Å². The van der Waals surface area contributed by atoms with Crippen LogP contribution in [0.3, 0.4) is 0 Å². The van der Waals surface area contributed by atoms with Gasteiger partial charge in [0.1, 0.15) is 12.0 Å². The number of anilines is 2. The minimum absolute atomic E-state index is 0.0613. The lowest BCUT2D eigenvalue weighted by Gasteiger charge is -2.20. The molecule has 8 nitrogen and oxygen atoms in total. The first kappa shape index (κ1) is 19.6. The number of furan rings is 1. The van der Waals surface area contributed by atoms with Crippen molar-refractivity contribution in [2.24, 2.45) is 0 Å². The quantitative estimate of drug-likeness (QED) is 0.436. The van der Waals surface area contributed by atoms with Crippen molar-refractivity contribution in [2.75, 3.05) is 16.8 Å². The number of hydrogen-bond donors (Lipinski definition) is 1. The van der Waals surface area contributed by atoms with Crippen molar-refractivity contribution in [3.8, 4) is 0 Å². The molecule has 1 N–H and O–H groups in total. The number of nitro benzene ring substituents is 1. The first-order valence-corrected chi connectivity index (χ1v) is 9.25. The summed E-state index contributed by atoms with van der Waals surface area (Å²) in [6.45, 7) is 6.17. The number of carbonyl (C=O) groups excluding carboxylic acids is 2. The number of fused-ring (bicyclic) bond motifs is 1. The standard InChI is InChI=1S/C20H23N3O5/c1-4-5-6-8-22-16-11-17(23(26)27)15(10-14(16)20(2,3)19(22)25)21-18(24)13-7-9-28-12-13/h7,9-12H,4-6,8H2,1-3H3,(H,21,24). The molecule has 0 aliphatic carbocycles. The van der Waals surface area contributed by atoms with Gasteiger partial charge in [0.25, 0.3) is 11.6 Å². The molecule has 2 heterocycles. The minimum atomic E-state index is -0.828. The highest BCUT2D eigenvalue weighted by Gasteiger charge is 2.45. The van der Waals surface area contributed by atoms with E-state index in [-0.39, 0.29) is 22.8 Å². The van der Waals surface area contributed by atoms with Crippen molar-refractivity contribution in [1.82, 2.24) is 0 Å². The normalized spacial score (nSPS) is 14.8. The maximum atomic E-state index is 12.9. The van der Waals surface area contributed by atoms with Gasteiger partial charge in [0.2, 0.25) is 5.91 Å². The lowest BCUT2D eigenvalue weighted by Crippen LogP contribution is -2.36. The van der Waals surface area contributed by atoms with Crippen LogP contribution >= 0.6 is 0 Å². The molecule has 0 fully saturated rings. The Bertz CT molecular complexity index is 918. The highest BCUT2D eigenvalue weighted by molar-refractivity contribution is 6.10. The van der Waals surface area contributed by atoms with Crippen LogP contribution in [-0.4, -0.2) is 23.3 Å². The van der Waals surface area contributed by atoms with Gasteiger partial charge in [-0.1, -0.05) is 19.8 Å². The number of amides is 2. The van der Waals surface area contributed by atoms with Gasteiger partial charge in [-0.15, -0.1) is 0 Å². The molecule has 2 aromatic rings. The third-order valence-corrected chi connectivity index (χ3v) is 5.07. The largest absolute Gasteiger partial charge is 0.472 e. The third-order valence-electron chi connectivity index (χ3n) is 5.07. The Labute approximate surface area is 162 Å². The third kappa shape index (κ3) is 3.37. The summed E-state index contributed by atoms with van der Waals surface area (Å²) >= 11 is 0. The second kappa shape index (κ2) is 7.46. The van der Waals surface area contributed by atoms with Gasteiger partial charge in [0.15, 0.2) is 0 Å². The van der Waals surface area contributed by atoms with Gasteiger partial charge in [-0.3, -0.25) is 19.7 Å². The van der Waals surface area contributed by atoms with Crippen molar-refractivity contribution in [1.29, 1.82) is 0 Å². The zero-order valence-electron chi connectivity index (χ0n) is 16.2. The van der Waals surface area contributed by atoms with E-state index in [0.29, 0.717) is 17.8 Å². The van der Waals surface area contributed by atoms with Crippen LogP contribution in [0.25, 0.3) is 0 Å². The van der Waals surface area contributed by atoms with Gasteiger partial charge in [0, 0.05) is 12.6 Å². The van der Waals surface area contributed by atoms with Gasteiger partial charge >= 0.3 is 0 Å². The molecule has 0 bridgehead atoms. The topological polar surface area (TPSA) is 106 Å². The smallest absolute Gasteiger partial charge is 0.294 e. The Balaban J connectivity index is 2.02. The fraction of sp³-hybridized carbons (Fsp3) is 0.400. The van der Waals surface area contributed by atoms with E-state index in [2.05, 4.69) is 12.2 Å². The Morgan fingerprint density at radius 1 is 1.32 bits per heavy atom. The first-order valence-electron chi connectivity index (χ1n) is 9.25. The number of nitro groups is 1. The average Bonchev–Trinajstić information content (AvgIpc) is 3.24. The van der Waals surface area contributed by atoms with Crippen LogP contribution < -0.4 is 10.2 Å². The van der Waals surface area contributed by atoms with E-state index in [4.69, 9.17) is 4.42 Å². The highest BCUT2D eigenvalue weighted by Crippen LogP contribution is 2.46. The second-order valence-corrected chi connectivity index (χ2v) is 7.40. The summed E-state index contributed by atoms with van der Waals surface area (Å²) in [5.41, 5.74) is 0.451. The van der Waals surface area contributed by atoms with Crippen LogP contribution in [0.5, 0.6) is 0 Å². The number of hydrogen-bond acceptors (Lipinski definition) is 5. The molecule has 0 spiro atoms. The van der Waals surface area contributed by atoms with Crippen molar-refractivity contribution in [3.05, 3.63) is 52.0 Å². The molecule has 148 valence electrons. The SMILES string of the molecule is CCCCCN1C(=O)C(C)(C)c2cc(NC(=O)c3ccoc3)c([N+](=O)[O-])cc21. The summed E-state index contributed by atoms with van der Waals surface area (Å²) in [4.78, 5) is 38.0. The number of benzene rings is 1. The molecule has 3 rings (SSSR count). The summed E-state index contributed by atoms with van der Waals surface area (Å²) in [6, 6.07) is 4.40. The highest BCUT2D eigenvalue weighted by atomic mass is 16.6. The molecule has 1 aromatic carbocycles. The molecule has 0 unspecified atom stereocenters. The molecular weight excluding hydrogens is 362 g/mol. The number of carbonyl (C=O) groups is 2. The lowest BCUT2D eigenvalue weighted by molar-refractivity contribution is -0.383. The summed E-state index contributed by atoms with van der Waals surface area (Å²) < 4.78 is 4.89. The van der Waals surface area contributed by atoms with Crippen LogP contribution in [0.15, 0.2) is 35.1 Å². The first-order chi connectivity index (χ1) is 13.3. The van der Waals surface area contributed by atoms with E-state index in [0.717, 1.165) is 19.3 Å². The fourth-order valence-corrected chi connectivity index (χ4v) is 3.44. The zero-order valence-corrected chi connectivity index (χ0v) is 16.2. The van der Waals surface area contributed by atoms with Gasteiger partial charge in [-0.25, -0.2) is 0 Å². The van der Waals surface area contributed by atoms with Crippen LogP contribution in [0.4, 0.5) is 17.1 Å². The van der Waals surface area contributed by atoms with E-state index in [9.17, 15) is 19.7 Å². The molecule has 28 heavy (non-hydrogen) atoms. The molecule has 0 saturated carbocycles. The van der Waals surface area contributed by atoms with Crippen LogP contribution in [-0.2, 0) is 10.2 Å². The van der Waals surface area contributed by atoms with Crippen molar-refractivity contribution in [2.45, 2.75) is 45.4 Å². The van der Waals surface area contributed by atoms with Crippen molar-refractivity contribution >= 4 is 28.9 Å². The molecule has 0 radical (unpaired) electrons. The van der Waals surface area contributed by atoms with E-state index in [1.54, 1.807) is 24.8 Å².